The highest BCUT2D eigenvalue weighted by molar-refractivity contribution is 5.02. The molecule has 108 valence electrons. The van der Waals surface area contributed by atoms with Crippen LogP contribution < -0.4 is 0 Å². The molecule has 0 amide bonds. The molecular weight excluding hydrogens is 286 g/mol. The first-order valence-electron chi connectivity index (χ1n) is 3.90. The van der Waals surface area contributed by atoms with Gasteiger partial charge >= 0.3 is 12.4 Å². The zero-order valence-electron chi connectivity index (χ0n) is 8.56. The predicted octanol–water partition coefficient (Wildman–Crippen LogP) is 5.09. The Balaban J connectivity index is 0. The Morgan fingerprint density at radius 2 is 1.33 bits per heavy atom. The minimum absolute atomic E-state index is 0.406. The topological polar surface area (TPSA) is 0 Å². The third-order valence-corrected chi connectivity index (χ3v) is 0.999. The minimum Gasteiger partial charge on any atom is -0.243 e. The summed E-state index contributed by atoms with van der Waals surface area (Å²) in [6, 6.07) is 0. The highest BCUT2D eigenvalue weighted by Crippen LogP contribution is 2.29. The second-order valence-corrected chi connectivity index (χ2v) is 2.61. The number of hydrogen-bond acceptors (Lipinski definition) is 0. The van der Waals surface area contributed by atoms with Crippen molar-refractivity contribution in [3.63, 3.8) is 0 Å². The summed E-state index contributed by atoms with van der Waals surface area (Å²) in [6.07, 6.45) is -10.7. The molecule has 0 saturated heterocycles. The zero-order chi connectivity index (χ0) is 15.1. The monoisotopic (exact) mass is 292 g/mol. The van der Waals surface area contributed by atoms with E-state index in [0.717, 1.165) is 0 Å². The quantitative estimate of drug-likeness (QED) is 0.590. The maximum Gasteiger partial charge on any atom is 0.445 e. The first kappa shape index (κ1) is 19.1. The molecule has 0 aromatic heterocycles. The lowest BCUT2D eigenvalue weighted by Crippen LogP contribution is -2.08. The molecule has 0 aliphatic heterocycles. The van der Waals surface area contributed by atoms with Gasteiger partial charge in [0.1, 0.15) is 18.3 Å². The van der Waals surface area contributed by atoms with Gasteiger partial charge in [-0.05, 0) is 6.92 Å². The van der Waals surface area contributed by atoms with E-state index < -0.39 is 42.6 Å². The maximum absolute atomic E-state index is 11.4. The Bertz CT molecular complexity index is 301. The first-order valence-corrected chi connectivity index (χ1v) is 3.90. The summed E-state index contributed by atoms with van der Waals surface area (Å²) in [4.78, 5) is 0. The molecule has 0 fully saturated rings. The first-order chi connectivity index (χ1) is 7.81. The van der Waals surface area contributed by atoms with Crippen LogP contribution in [-0.4, -0.2) is 19.0 Å². The highest BCUT2D eigenvalue weighted by Gasteiger charge is 2.36. The molecule has 0 heterocycles. The van der Waals surface area contributed by atoms with E-state index in [4.69, 9.17) is 0 Å². The Morgan fingerprint density at radius 1 is 0.944 bits per heavy atom. The van der Waals surface area contributed by atoms with Gasteiger partial charge in [0.05, 0.1) is 6.08 Å². The van der Waals surface area contributed by atoms with E-state index in [1.165, 1.54) is 0 Å². The fourth-order valence-electron chi connectivity index (χ4n) is 0.411. The summed E-state index contributed by atoms with van der Waals surface area (Å²) in [6.45, 7) is -1.30. The van der Waals surface area contributed by atoms with Crippen LogP contribution in [-0.2, 0) is 0 Å². The van der Waals surface area contributed by atoms with Crippen molar-refractivity contribution >= 4 is 0 Å². The average molecular weight is 292 g/mol. The molecule has 10 heteroatoms. The molecule has 0 radical (unpaired) electrons. The normalized spacial score (nSPS) is 14.7. The van der Waals surface area contributed by atoms with E-state index in [0.29, 0.717) is 6.92 Å². The third-order valence-electron chi connectivity index (χ3n) is 0.999. The highest BCUT2D eigenvalue weighted by atomic mass is 19.4. The number of halogens is 10. The Hall–Kier alpha value is -1.22. The summed E-state index contributed by atoms with van der Waals surface area (Å²) < 4.78 is 111. The summed E-state index contributed by atoms with van der Waals surface area (Å²) in [5, 5.41) is 0. The van der Waals surface area contributed by atoms with Gasteiger partial charge in [0.2, 0.25) is 5.83 Å². The molecule has 0 saturated carbocycles. The van der Waals surface area contributed by atoms with Gasteiger partial charge in [0.25, 0.3) is 0 Å². The Labute approximate surface area is 94.6 Å². The van der Waals surface area contributed by atoms with Crippen LogP contribution in [0.4, 0.5) is 43.9 Å². The van der Waals surface area contributed by atoms with Crippen molar-refractivity contribution in [2.45, 2.75) is 19.3 Å². The second-order valence-electron chi connectivity index (χ2n) is 2.61. The second kappa shape index (κ2) is 7.27. The van der Waals surface area contributed by atoms with Gasteiger partial charge in [-0.25, -0.2) is 13.2 Å². The van der Waals surface area contributed by atoms with Crippen LogP contribution in [0, 0.1) is 0 Å². The predicted molar refractivity (Wildman–Crippen MR) is 42.2 cm³/mol. The van der Waals surface area contributed by atoms with Crippen molar-refractivity contribution < 1.29 is 43.9 Å². The van der Waals surface area contributed by atoms with Crippen LogP contribution in [0.2, 0.25) is 0 Å². The minimum atomic E-state index is -5.18. The summed E-state index contributed by atoms with van der Waals surface area (Å²) >= 11 is 0. The maximum atomic E-state index is 11.4. The fourth-order valence-corrected chi connectivity index (χ4v) is 0.411. The molecule has 0 spiro atoms. The zero-order valence-corrected chi connectivity index (χ0v) is 8.56. The van der Waals surface area contributed by atoms with E-state index in [1.807, 2.05) is 0 Å². The van der Waals surface area contributed by atoms with Crippen molar-refractivity contribution in [1.29, 1.82) is 0 Å². The SMILES string of the molecule is C/C(F)=C(\F)C(F)(F)F.FCC(F)=CC(F)(F)F. The molecule has 0 N–H and O–H groups in total. The van der Waals surface area contributed by atoms with Crippen LogP contribution in [0.25, 0.3) is 0 Å². The Morgan fingerprint density at radius 3 is 1.39 bits per heavy atom. The molecule has 0 nitrogen and oxygen atoms in total. The van der Waals surface area contributed by atoms with Crippen LogP contribution >= 0.6 is 0 Å². The number of alkyl halides is 7. The molecule has 18 heavy (non-hydrogen) atoms. The number of hydrogen-bond donors (Lipinski definition) is 0. The lowest BCUT2D eigenvalue weighted by atomic mass is 10.4. The molecule has 0 aromatic carbocycles. The van der Waals surface area contributed by atoms with Crippen molar-refractivity contribution in [2.75, 3.05) is 6.67 Å². The lowest BCUT2D eigenvalue weighted by molar-refractivity contribution is -0.111. The van der Waals surface area contributed by atoms with E-state index >= 15 is 0 Å². The molecule has 0 rings (SSSR count). The van der Waals surface area contributed by atoms with Crippen LogP contribution in [0.15, 0.2) is 23.6 Å². The van der Waals surface area contributed by atoms with Gasteiger partial charge in [0.15, 0.2) is 0 Å². The van der Waals surface area contributed by atoms with E-state index in [9.17, 15) is 43.9 Å². The largest absolute Gasteiger partial charge is 0.445 e. The van der Waals surface area contributed by atoms with Crippen molar-refractivity contribution in [2.24, 2.45) is 0 Å². The van der Waals surface area contributed by atoms with E-state index in [2.05, 4.69) is 0 Å². The fraction of sp³-hybridized carbons (Fsp3) is 0.500. The molecule has 0 bridgehead atoms. The third kappa shape index (κ3) is 11.3. The van der Waals surface area contributed by atoms with Gasteiger partial charge in [-0.15, -0.1) is 0 Å². The van der Waals surface area contributed by atoms with Gasteiger partial charge in [-0.1, -0.05) is 0 Å². The molecule has 0 aliphatic carbocycles. The standard InChI is InChI=1S/2C4H3F5/c5-2-3(6)1-4(7,8)9;1-2(5)3(6)4(7,8)9/h1H,2H2;1H3/b;3-2+. The summed E-state index contributed by atoms with van der Waals surface area (Å²) in [7, 11) is 0. The van der Waals surface area contributed by atoms with Gasteiger partial charge in [0, 0.05) is 0 Å². The molecule has 0 aliphatic rings. The van der Waals surface area contributed by atoms with Crippen LogP contribution in [0.5, 0.6) is 0 Å². The van der Waals surface area contributed by atoms with Crippen molar-refractivity contribution in [1.82, 2.24) is 0 Å². The van der Waals surface area contributed by atoms with Gasteiger partial charge < -0.3 is 0 Å². The summed E-state index contributed by atoms with van der Waals surface area (Å²) in [5.41, 5.74) is 0. The van der Waals surface area contributed by atoms with Crippen molar-refractivity contribution in [3.05, 3.63) is 23.6 Å². The van der Waals surface area contributed by atoms with Gasteiger partial charge in [-0.3, -0.25) is 0 Å². The van der Waals surface area contributed by atoms with Gasteiger partial charge in [-0.2, -0.15) is 30.7 Å². The lowest BCUT2D eigenvalue weighted by Gasteiger charge is -2.00. The van der Waals surface area contributed by atoms with Crippen LogP contribution in [0.3, 0.4) is 0 Å². The molecule has 0 atom stereocenters. The number of allylic oxidation sites excluding steroid dienone is 4. The van der Waals surface area contributed by atoms with Crippen molar-refractivity contribution in [3.8, 4) is 0 Å². The molecule has 0 aromatic rings. The molecule has 0 unspecified atom stereocenters. The smallest absolute Gasteiger partial charge is 0.243 e. The van der Waals surface area contributed by atoms with E-state index in [-0.39, 0.29) is 0 Å². The Kier molecular flexibility index (Phi) is 7.72. The molecular formula is C8H6F10. The average Bonchev–Trinajstić information content (AvgIpc) is 2.13. The number of rotatable bonds is 1. The van der Waals surface area contributed by atoms with Crippen LogP contribution in [0.1, 0.15) is 6.92 Å². The summed E-state index contributed by atoms with van der Waals surface area (Å²) in [5.74, 6) is -6.31. The van der Waals surface area contributed by atoms with E-state index in [1.54, 1.807) is 0 Å².